The van der Waals surface area contributed by atoms with Gasteiger partial charge in [0.05, 0.1) is 11.5 Å². The summed E-state index contributed by atoms with van der Waals surface area (Å²) >= 11 is 1.53. The van der Waals surface area contributed by atoms with Crippen molar-refractivity contribution in [1.29, 1.82) is 0 Å². The molecule has 1 aromatic carbocycles. The van der Waals surface area contributed by atoms with Crippen molar-refractivity contribution < 1.29 is 8.83 Å². The summed E-state index contributed by atoms with van der Waals surface area (Å²) in [7, 11) is 0. The van der Waals surface area contributed by atoms with E-state index in [0.29, 0.717) is 23.4 Å². The van der Waals surface area contributed by atoms with Crippen LogP contribution in [0.25, 0.3) is 23.0 Å². The first-order valence-corrected chi connectivity index (χ1v) is 9.16. The van der Waals surface area contributed by atoms with Gasteiger partial charge in [0.15, 0.2) is 16.7 Å². The monoisotopic (exact) mass is 367 g/mol. The first-order chi connectivity index (χ1) is 12.8. The maximum absolute atomic E-state index is 5.84. The predicted octanol–water partition coefficient (Wildman–Crippen LogP) is 4.46. The fourth-order valence-electron chi connectivity index (χ4n) is 2.55. The van der Waals surface area contributed by atoms with E-state index in [2.05, 4.69) is 20.4 Å². The number of thioether (sulfide) groups is 1. The molecule has 3 heterocycles. The van der Waals surface area contributed by atoms with E-state index >= 15 is 0 Å². The number of aromatic nitrogens is 5. The first-order valence-electron chi connectivity index (χ1n) is 8.28. The van der Waals surface area contributed by atoms with Crippen molar-refractivity contribution in [2.75, 3.05) is 0 Å². The molecule has 4 aromatic rings. The molecule has 0 saturated heterocycles. The minimum Gasteiger partial charge on any atom is -0.461 e. The van der Waals surface area contributed by atoms with Gasteiger partial charge in [-0.1, -0.05) is 30.0 Å². The van der Waals surface area contributed by atoms with Gasteiger partial charge in [0.2, 0.25) is 11.8 Å². The fraction of sp³-hybridized carbons (Fsp3) is 0.222. The van der Waals surface area contributed by atoms with Crippen LogP contribution in [0.3, 0.4) is 0 Å². The summed E-state index contributed by atoms with van der Waals surface area (Å²) in [5.74, 6) is 2.48. The van der Waals surface area contributed by atoms with Crippen molar-refractivity contribution in [3.8, 4) is 23.0 Å². The van der Waals surface area contributed by atoms with E-state index in [0.717, 1.165) is 17.3 Å². The Balaban J connectivity index is 1.56. The molecule has 132 valence electrons. The number of hydrogen-bond donors (Lipinski definition) is 0. The molecule has 0 aliphatic carbocycles. The summed E-state index contributed by atoms with van der Waals surface area (Å²) < 4.78 is 13.3. The zero-order valence-electron chi connectivity index (χ0n) is 14.4. The first kappa shape index (κ1) is 16.6. The lowest BCUT2D eigenvalue weighted by Crippen LogP contribution is -2.00. The van der Waals surface area contributed by atoms with Gasteiger partial charge in [0.1, 0.15) is 0 Å². The molecular weight excluding hydrogens is 350 g/mol. The van der Waals surface area contributed by atoms with E-state index in [4.69, 9.17) is 8.83 Å². The standard InChI is InChI=1S/C18H17N5O2S/c1-3-23-15(14-10-7-11-24-14)19-22-18(23)26-12(2)16-20-21-17(25-16)13-8-5-4-6-9-13/h4-12H,3H2,1-2H3. The molecule has 1 atom stereocenters. The third-order valence-corrected chi connectivity index (χ3v) is 4.93. The second-order valence-electron chi connectivity index (χ2n) is 5.60. The molecule has 0 radical (unpaired) electrons. The van der Waals surface area contributed by atoms with Crippen molar-refractivity contribution in [3.05, 3.63) is 54.6 Å². The van der Waals surface area contributed by atoms with Crippen molar-refractivity contribution in [2.45, 2.75) is 30.8 Å². The summed E-state index contributed by atoms with van der Waals surface area (Å²) in [4.78, 5) is 0. The third-order valence-electron chi connectivity index (χ3n) is 3.87. The van der Waals surface area contributed by atoms with Crippen LogP contribution < -0.4 is 0 Å². The predicted molar refractivity (Wildman–Crippen MR) is 97.4 cm³/mol. The molecule has 0 spiro atoms. The zero-order chi connectivity index (χ0) is 17.9. The maximum Gasteiger partial charge on any atom is 0.247 e. The van der Waals surface area contributed by atoms with Crippen molar-refractivity contribution >= 4 is 11.8 Å². The molecule has 0 saturated carbocycles. The summed E-state index contributed by atoms with van der Waals surface area (Å²) in [6, 6.07) is 13.4. The van der Waals surface area contributed by atoms with Crippen LogP contribution in [-0.4, -0.2) is 25.0 Å². The summed E-state index contributed by atoms with van der Waals surface area (Å²) in [5, 5.41) is 17.6. The minimum absolute atomic E-state index is 0.0566. The van der Waals surface area contributed by atoms with Crippen molar-refractivity contribution in [3.63, 3.8) is 0 Å². The molecule has 0 amide bonds. The zero-order valence-corrected chi connectivity index (χ0v) is 15.2. The van der Waals surface area contributed by atoms with Crippen molar-refractivity contribution in [1.82, 2.24) is 25.0 Å². The molecule has 8 heteroatoms. The van der Waals surface area contributed by atoms with E-state index in [1.54, 1.807) is 6.26 Å². The average Bonchev–Trinajstić information content (AvgIpc) is 3.42. The van der Waals surface area contributed by atoms with Gasteiger partial charge in [-0.2, -0.15) is 0 Å². The average molecular weight is 367 g/mol. The smallest absolute Gasteiger partial charge is 0.247 e. The minimum atomic E-state index is -0.0566. The van der Waals surface area contributed by atoms with E-state index in [1.165, 1.54) is 11.8 Å². The van der Waals surface area contributed by atoms with Crippen LogP contribution in [0.4, 0.5) is 0 Å². The number of benzene rings is 1. The summed E-state index contributed by atoms with van der Waals surface area (Å²) in [6.07, 6.45) is 1.63. The van der Waals surface area contributed by atoms with Crippen LogP contribution >= 0.6 is 11.8 Å². The highest BCUT2D eigenvalue weighted by atomic mass is 32.2. The topological polar surface area (TPSA) is 82.8 Å². The van der Waals surface area contributed by atoms with Gasteiger partial charge in [-0.15, -0.1) is 20.4 Å². The largest absolute Gasteiger partial charge is 0.461 e. The molecular formula is C18H17N5O2S. The van der Waals surface area contributed by atoms with Crippen LogP contribution in [0.2, 0.25) is 0 Å². The second-order valence-corrected chi connectivity index (χ2v) is 6.91. The third kappa shape index (κ3) is 3.15. The number of nitrogens with zero attached hydrogens (tertiary/aromatic N) is 5. The highest BCUT2D eigenvalue weighted by molar-refractivity contribution is 7.99. The maximum atomic E-state index is 5.84. The summed E-state index contributed by atoms with van der Waals surface area (Å²) in [6.45, 7) is 4.79. The Morgan fingerprint density at radius 3 is 2.62 bits per heavy atom. The molecule has 1 unspecified atom stereocenters. The van der Waals surface area contributed by atoms with Crippen molar-refractivity contribution in [2.24, 2.45) is 0 Å². The molecule has 0 aliphatic rings. The quantitative estimate of drug-likeness (QED) is 0.465. The second kappa shape index (κ2) is 7.17. The number of furan rings is 1. The van der Waals surface area contributed by atoms with Crippen LogP contribution in [-0.2, 0) is 6.54 Å². The van der Waals surface area contributed by atoms with Gasteiger partial charge < -0.3 is 8.83 Å². The molecule has 0 aliphatic heterocycles. The molecule has 0 N–H and O–H groups in total. The van der Waals surface area contributed by atoms with E-state index < -0.39 is 0 Å². The molecule has 3 aromatic heterocycles. The molecule has 26 heavy (non-hydrogen) atoms. The normalized spacial score (nSPS) is 12.4. The number of rotatable bonds is 6. The Morgan fingerprint density at radius 2 is 1.88 bits per heavy atom. The highest BCUT2D eigenvalue weighted by Crippen LogP contribution is 2.35. The van der Waals surface area contributed by atoms with Gasteiger partial charge in [-0.25, -0.2) is 0 Å². The van der Waals surface area contributed by atoms with E-state index in [-0.39, 0.29) is 5.25 Å². The molecule has 0 fully saturated rings. The lowest BCUT2D eigenvalue weighted by Gasteiger charge is -2.08. The Bertz CT molecular complexity index is 978. The van der Waals surface area contributed by atoms with E-state index in [9.17, 15) is 0 Å². The Hall–Kier alpha value is -2.87. The van der Waals surface area contributed by atoms with Gasteiger partial charge in [-0.05, 0) is 38.1 Å². The fourth-order valence-corrected chi connectivity index (χ4v) is 3.50. The van der Waals surface area contributed by atoms with Gasteiger partial charge in [0, 0.05) is 12.1 Å². The highest BCUT2D eigenvalue weighted by Gasteiger charge is 2.21. The summed E-state index contributed by atoms with van der Waals surface area (Å²) in [5.41, 5.74) is 0.903. The van der Waals surface area contributed by atoms with Crippen LogP contribution in [0.1, 0.15) is 25.0 Å². The molecule has 4 rings (SSSR count). The lowest BCUT2D eigenvalue weighted by molar-refractivity contribution is 0.508. The molecule has 7 nitrogen and oxygen atoms in total. The van der Waals surface area contributed by atoms with Crippen LogP contribution in [0.15, 0.2) is 62.7 Å². The SMILES string of the molecule is CCn1c(SC(C)c2nnc(-c3ccccc3)o2)nnc1-c1ccco1. The lowest BCUT2D eigenvalue weighted by atomic mass is 10.2. The molecule has 0 bridgehead atoms. The Kier molecular flexibility index (Phi) is 4.57. The number of hydrogen-bond acceptors (Lipinski definition) is 7. The van der Waals surface area contributed by atoms with Crippen LogP contribution in [0, 0.1) is 0 Å². The Morgan fingerprint density at radius 1 is 1.04 bits per heavy atom. The van der Waals surface area contributed by atoms with Gasteiger partial charge in [0.25, 0.3) is 0 Å². The van der Waals surface area contributed by atoms with Gasteiger partial charge >= 0.3 is 0 Å². The van der Waals surface area contributed by atoms with Crippen LogP contribution in [0.5, 0.6) is 0 Å². The van der Waals surface area contributed by atoms with Gasteiger partial charge in [-0.3, -0.25) is 4.57 Å². The Labute approximate surface area is 154 Å². The van der Waals surface area contributed by atoms with E-state index in [1.807, 2.05) is 60.9 Å².